The molecule has 1 aliphatic rings. The molecule has 25 heavy (non-hydrogen) atoms. The average molecular weight is 338 g/mol. The van der Waals surface area contributed by atoms with Gasteiger partial charge < -0.3 is 9.64 Å². The molecule has 0 aromatic heterocycles. The van der Waals surface area contributed by atoms with Gasteiger partial charge in [0.25, 0.3) is 0 Å². The molecule has 0 aliphatic carbocycles. The van der Waals surface area contributed by atoms with Gasteiger partial charge in [0.05, 0.1) is 6.61 Å². The van der Waals surface area contributed by atoms with Crippen LogP contribution in [0.1, 0.15) is 29.2 Å². The molecule has 0 saturated carbocycles. The normalized spacial score (nSPS) is 18.0. The van der Waals surface area contributed by atoms with E-state index in [2.05, 4.69) is 78.4 Å². The molecule has 1 saturated heterocycles. The van der Waals surface area contributed by atoms with Gasteiger partial charge in [-0.25, -0.2) is 0 Å². The molecule has 3 rings (SSSR count). The Labute approximate surface area is 152 Å². The van der Waals surface area contributed by atoms with E-state index in [0.717, 1.165) is 26.2 Å². The number of hydrogen-bond donors (Lipinski definition) is 0. The first-order chi connectivity index (χ1) is 12.2. The molecule has 1 fully saturated rings. The molecule has 1 atom stereocenters. The summed E-state index contributed by atoms with van der Waals surface area (Å²) >= 11 is 0. The molecule has 0 amide bonds. The van der Waals surface area contributed by atoms with E-state index >= 15 is 0 Å². The summed E-state index contributed by atoms with van der Waals surface area (Å²) < 4.78 is 6.37. The summed E-state index contributed by atoms with van der Waals surface area (Å²) in [4.78, 5) is 4.95. The summed E-state index contributed by atoms with van der Waals surface area (Å²) in [5.74, 6) is 0. The van der Waals surface area contributed by atoms with Gasteiger partial charge in [-0.1, -0.05) is 60.2 Å². The number of aryl methyl sites for hydroxylation is 1. The Kier molecular flexibility index (Phi) is 6.62. The molecule has 0 spiro atoms. The van der Waals surface area contributed by atoms with E-state index in [9.17, 15) is 0 Å². The molecule has 0 bridgehead atoms. The van der Waals surface area contributed by atoms with Crippen molar-refractivity contribution in [2.45, 2.75) is 19.4 Å². The first kappa shape index (κ1) is 18.1. The largest absolute Gasteiger partial charge is 0.367 e. The average Bonchev–Trinajstić information content (AvgIpc) is 2.85. The second kappa shape index (κ2) is 9.14. The lowest BCUT2D eigenvalue weighted by Gasteiger charge is -2.23. The van der Waals surface area contributed by atoms with Gasteiger partial charge in [0.1, 0.15) is 6.10 Å². The van der Waals surface area contributed by atoms with E-state index in [-0.39, 0.29) is 6.10 Å². The third-order valence-corrected chi connectivity index (χ3v) is 4.99. The minimum Gasteiger partial charge on any atom is -0.367 e. The van der Waals surface area contributed by atoms with Gasteiger partial charge >= 0.3 is 0 Å². The van der Waals surface area contributed by atoms with Gasteiger partial charge in [-0.2, -0.15) is 0 Å². The number of rotatable bonds is 6. The van der Waals surface area contributed by atoms with Crippen LogP contribution in [0.15, 0.2) is 54.6 Å². The molecule has 1 heterocycles. The monoisotopic (exact) mass is 338 g/mol. The maximum atomic E-state index is 6.37. The Hall–Kier alpha value is -1.68. The topological polar surface area (TPSA) is 15.7 Å². The van der Waals surface area contributed by atoms with Crippen LogP contribution in [0.3, 0.4) is 0 Å². The predicted molar refractivity (Wildman–Crippen MR) is 104 cm³/mol. The van der Waals surface area contributed by atoms with E-state index in [1.54, 1.807) is 0 Å². The molecule has 3 nitrogen and oxygen atoms in total. The minimum atomic E-state index is 0.0106. The lowest BCUT2D eigenvalue weighted by atomic mass is 10.0. The first-order valence-corrected chi connectivity index (χ1v) is 9.36. The van der Waals surface area contributed by atoms with Gasteiger partial charge in [-0.15, -0.1) is 0 Å². The SMILES string of the molecule is Cc1ccc(C(OCCN2CCCN(C)CC2)c2ccccc2)cc1. The summed E-state index contributed by atoms with van der Waals surface area (Å²) in [6, 6.07) is 19.3. The van der Waals surface area contributed by atoms with Crippen molar-refractivity contribution in [2.75, 3.05) is 46.4 Å². The predicted octanol–water partition coefficient (Wildman–Crippen LogP) is 3.74. The fourth-order valence-electron chi connectivity index (χ4n) is 3.38. The number of ether oxygens (including phenoxy) is 1. The van der Waals surface area contributed by atoms with Crippen LogP contribution in [0.25, 0.3) is 0 Å². The highest BCUT2D eigenvalue weighted by Crippen LogP contribution is 2.26. The van der Waals surface area contributed by atoms with Crippen LogP contribution >= 0.6 is 0 Å². The van der Waals surface area contributed by atoms with E-state index in [0.29, 0.717) is 0 Å². The Morgan fingerprint density at radius 2 is 1.60 bits per heavy atom. The summed E-state index contributed by atoms with van der Waals surface area (Å²) in [7, 11) is 2.21. The quantitative estimate of drug-likeness (QED) is 0.798. The number of likely N-dealkylation sites (N-methyl/N-ethyl adjacent to an activating group) is 1. The van der Waals surface area contributed by atoms with Crippen LogP contribution in [0.5, 0.6) is 0 Å². The molecular weight excluding hydrogens is 308 g/mol. The highest BCUT2D eigenvalue weighted by Gasteiger charge is 2.16. The third-order valence-electron chi connectivity index (χ3n) is 4.99. The minimum absolute atomic E-state index is 0.0106. The van der Waals surface area contributed by atoms with Crippen molar-refractivity contribution in [3.63, 3.8) is 0 Å². The van der Waals surface area contributed by atoms with Crippen LogP contribution in [0, 0.1) is 6.92 Å². The van der Waals surface area contributed by atoms with Gasteiger partial charge in [0.15, 0.2) is 0 Å². The lowest BCUT2D eigenvalue weighted by Crippen LogP contribution is -2.32. The van der Waals surface area contributed by atoms with Crippen molar-refractivity contribution < 1.29 is 4.74 Å². The fourth-order valence-corrected chi connectivity index (χ4v) is 3.38. The molecule has 0 radical (unpaired) electrons. The first-order valence-electron chi connectivity index (χ1n) is 9.36. The van der Waals surface area contributed by atoms with Crippen molar-refractivity contribution >= 4 is 0 Å². The smallest absolute Gasteiger partial charge is 0.108 e. The van der Waals surface area contributed by atoms with Gasteiger partial charge in [0, 0.05) is 19.6 Å². The van der Waals surface area contributed by atoms with E-state index in [4.69, 9.17) is 4.74 Å². The third kappa shape index (κ3) is 5.40. The standard InChI is InChI=1S/C22H30N2O/c1-19-9-11-21(12-10-19)22(20-7-4-3-5-8-20)25-18-17-24-14-6-13-23(2)15-16-24/h3-5,7-12,22H,6,13-18H2,1-2H3. The highest BCUT2D eigenvalue weighted by atomic mass is 16.5. The summed E-state index contributed by atoms with van der Waals surface area (Å²) in [5, 5.41) is 0. The molecule has 134 valence electrons. The van der Waals surface area contributed by atoms with Gasteiger partial charge in [-0.3, -0.25) is 4.90 Å². The maximum Gasteiger partial charge on any atom is 0.108 e. The molecular formula is C22H30N2O. The highest BCUT2D eigenvalue weighted by molar-refractivity contribution is 5.31. The molecule has 0 N–H and O–H groups in total. The van der Waals surface area contributed by atoms with Crippen molar-refractivity contribution in [3.05, 3.63) is 71.3 Å². The molecule has 2 aromatic rings. The van der Waals surface area contributed by atoms with Crippen molar-refractivity contribution in [1.82, 2.24) is 9.80 Å². The summed E-state index contributed by atoms with van der Waals surface area (Å²) in [6.45, 7) is 8.56. The van der Waals surface area contributed by atoms with Crippen LogP contribution in [0.2, 0.25) is 0 Å². The van der Waals surface area contributed by atoms with Gasteiger partial charge in [-0.05, 0) is 44.6 Å². The molecule has 1 aliphatic heterocycles. The Balaban J connectivity index is 1.63. The second-order valence-corrected chi connectivity index (χ2v) is 7.07. The van der Waals surface area contributed by atoms with Crippen LogP contribution in [-0.2, 0) is 4.74 Å². The van der Waals surface area contributed by atoms with E-state index in [1.165, 1.54) is 36.2 Å². The Morgan fingerprint density at radius 3 is 2.36 bits per heavy atom. The maximum absolute atomic E-state index is 6.37. The summed E-state index contributed by atoms with van der Waals surface area (Å²) in [6.07, 6.45) is 1.26. The van der Waals surface area contributed by atoms with Gasteiger partial charge in [0.2, 0.25) is 0 Å². The lowest BCUT2D eigenvalue weighted by molar-refractivity contribution is 0.0607. The zero-order chi connectivity index (χ0) is 17.5. The number of benzene rings is 2. The van der Waals surface area contributed by atoms with E-state index < -0.39 is 0 Å². The van der Waals surface area contributed by atoms with Crippen LogP contribution in [-0.4, -0.2) is 56.2 Å². The molecule has 3 heteroatoms. The number of hydrogen-bond acceptors (Lipinski definition) is 3. The van der Waals surface area contributed by atoms with E-state index in [1.807, 2.05) is 0 Å². The van der Waals surface area contributed by atoms with Crippen LogP contribution < -0.4 is 0 Å². The van der Waals surface area contributed by atoms with Crippen molar-refractivity contribution in [2.24, 2.45) is 0 Å². The zero-order valence-electron chi connectivity index (χ0n) is 15.5. The van der Waals surface area contributed by atoms with Crippen molar-refractivity contribution in [3.8, 4) is 0 Å². The molecule has 1 unspecified atom stereocenters. The Morgan fingerprint density at radius 1 is 0.880 bits per heavy atom. The fraction of sp³-hybridized carbons (Fsp3) is 0.455. The molecule has 2 aromatic carbocycles. The summed E-state index contributed by atoms with van der Waals surface area (Å²) in [5.41, 5.74) is 3.73. The second-order valence-electron chi connectivity index (χ2n) is 7.07. The zero-order valence-corrected chi connectivity index (χ0v) is 15.5. The van der Waals surface area contributed by atoms with Crippen molar-refractivity contribution in [1.29, 1.82) is 0 Å². The van der Waals surface area contributed by atoms with Crippen LogP contribution in [0.4, 0.5) is 0 Å². The number of nitrogens with zero attached hydrogens (tertiary/aromatic N) is 2. The Bertz CT molecular complexity index is 626.